The second-order valence-electron chi connectivity index (χ2n) is 7.80. The first-order valence-corrected chi connectivity index (χ1v) is 10.4. The lowest BCUT2D eigenvalue weighted by atomic mass is 9.79. The summed E-state index contributed by atoms with van der Waals surface area (Å²) in [6.45, 7) is 0.956. The average molecular weight is 430 g/mol. The largest absolute Gasteiger partial charge is 0.492 e. The van der Waals surface area contributed by atoms with Gasteiger partial charge in [0.15, 0.2) is 5.60 Å². The van der Waals surface area contributed by atoms with Crippen LogP contribution >= 0.6 is 0 Å². The zero-order valence-corrected chi connectivity index (χ0v) is 17.2. The second kappa shape index (κ2) is 7.88. The van der Waals surface area contributed by atoms with Crippen molar-refractivity contribution in [3.63, 3.8) is 0 Å². The van der Waals surface area contributed by atoms with Crippen LogP contribution in [-0.2, 0) is 10.3 Å². The fourth-order valence-corrected chi connectivity index (χ4v) is 4.53. The Morgan fingerprint density at radius 1 is 1.00 bits per heavy atom. The normalized spacial score (nSPS) is 19.2. The molecule has 3 heterocycles. The first-order chi connectivity index (χ1) is 15.6. The van der Waals surface area contributed by atoms with Crippen molar-refractivity contribution in [3.05, 3.63) is 90.1 Å². The van der Waals surface area contributed by atoms with Crippen molar-refractivity contribution in [2.75, 3.05) is 25.0 Å². The van der Waals surface area contributed by atoms with Crippen LogP contribution in [0.3, 0.4) is 0 Å². The van der Waals surface area contributed by atoms with E-state index in [2.05, 4.69) is 10.3 Å². The predicted molar refractivity (Wildman–Crippen MR) is 117 cm³/mol. The van der Waals surface area contributed by atoms with E-state index in [0.717, 1.165) is 11.1 Å². The van der Waals surface area contributed by atoms with E-state index in [1.807, 2.05) is 60.7 Å². The molecule has 2 aliphatic rings. The number of rotatable bonds is 3. The Labute approximate surface area is 185 Å². The lowest BCUT2D eigenvalue weighted by Crippen LogP contribution is -2.59. The molecular weight excluding hydrogens is 408 g/mol. The van der Waals surface area contributed by atoms with Crippen LogP contribution in [0.15, 0.2) is 79.0 Å². The van der Waals surface area contributed by atoms with Crippen LogP contribution in [0.1, 0.15) is 11.1 Å². The van der Waals surface area contributed by atoms with Crippen molar-refractivity contribution < 1.29 is 19.4 Å². The van der Waals surface area contributed by atoms with Crippen LogP contribution in [-0.4, -0.2) is 57.7 Å². The number of nitrogens with one attached hydrogen (secondary N) is 1. The number of aromatic nitrogens is 1. The van der Waals surface area contributed by atoms with E-state index in [-0.39, 0.29) is 24.1 Å². The summed E-state index contributed by atoms with van der Waals surface area (Å²) < 4.78 is 6.11. The summed E-state index contributed by atoms with van der Waals surface area (Å²) in [5.41, 5.74) is 0.879. The number of ether oxygens (including phenoxy) is 1. The number of urea groups is 1. The van der Waals surface area contributed by atoms with Gasteiger partial charge in [-0.05, 0) is 12.1 Å². The van der Waals surface area contributed by atoms with E-state index < -0.39 is 17.7 Å². The minimum atomic E-state index is -1.05. The highest BCUT2D eigenvalue weighted by Crippen LogP contribution is 2.45. The van der Waals surface area contributed by atoms with Gasteiger partial charge in [0, 0.05) is 37.0 Å². The van der Waals surface area contributed by atoms with E-state index in [9.17, 15) is 14.7 Å². The van der Waals surface area contributed by atoms with Crippen molar-refractivity contribution in [2.24, 2.45) is 0 Å². The molecule has 32 heavy (non-hydrogen) atoms. The van der Waals surface area contributed by atoms with Gasteiger partial charge < -0.3 is 20.1 Å². The maximum absolute atomic E-state index is 13.0. The van der Waals surface area contributed by atoms with Crippen molar-refractivity contribution in [2.45, 2.75) is 11.6 Å². The lowest BCUT2D eigenvalue weighted by molar-refractivity contribution is 0.0525. The summed E-state index contributed by atoms with van der Waals surface area (Å²) in [6, 6.07) is 21.7. The molecule has 2 fully saturated rings. The number of piperazine rings is 1. The Bertz CT molecular complexity index is 1100. The first kappa shape index (κ1) is 19.9. The van der Waals surface area contributed by atoms with Crippen LogP contribution in [0.2, 0.25) is 0 Å². The maximum Gasteiger partial charge on any atom is 0.411 e. The number of hydrogen-bond acceptors (Lipinski definition) is 5. The number of carbonyl (C=O) groups excluding carboxylic acids is 2. The molecule has 1 atom stereocenters. The van der Waals surface area contributed by atoms with Crippen molar-refractivity contribution in [3.8, 4) is 5.88 Å². The van der Waals surface area contributed by atoms with Gasteiger partial charge in [0.2, 0.25) is 5.88 Å². The number of hydrogen-bond donors (Lipinski definition) is 2. The first-order valence-electron chi connectivity index (χ1n) is 10.4. The molecule has 2 N–H and O–H groups in total. The van der Waals surface area contributed by atoms with Crippen molar-refractivity contribution in [1.29, 1.82) is 0 Å². The maximum atomic E-state index is 13.0. The highest BCUT2D eigenvalue weighted by atomic mass is 16.6. The molecule has 0 saturated carbocycles. The number of benzene rings is 2. The van der Waals surface area contributed by atoms with Gasteiger partial charge in [-0.2, -0.15) is 0 Å². The van der Waals surface area contributed by atoms with Gasteiger partial charge in [-0.1, -0.05) is 60.7 Å². The smallest absolute Gasteiger partial charge is 0.411 e. The van der Waals surface area contributed by atoms with Gasteiger partial charge in [-0.25, -0.2) is 14.6 Å². The molecule has 0 bridgehead atoms. The summed E-state index contributed by atoms with van der Waals surface area (Å²) in [5, 5.41) is 12.6. The van der Waals surface area contributed by atoms with Crippen molar-refractivity contribution in [1.82, 2.24) is 14.8 Å². The molecule has 2 aromatic carbocycles. The highest BCUT2D eigenvalue weighted by molar-refractivity contribution is 5.90. The van der Waals surface area contributed by atoms with E-state index >= 15 is 0 Å². The number of anilines is 1. The SMILES string of the molecule is O=C(Nc1cccnc1O)N1CCN2C(=O)OC(c3ccccc3)(c3ccccc3)C2C1. The molecule has 162 valence electrons. The van der Waals surface area contributed by atoms with Gasteiger partial charge in [0.05, 0.1) is 0 Å². The van der Waals surface area contributed by atoms with Crippen LogP contribution in [0.25, 0.3) is 0 Å². The Kier molecular flexibility index (Phi) is 4.89. The van der Waals surface area contributed by atoms with Crippen LogP contribution in [0.5, 0.6) is 5.88 Å². The fraction of sp³-hybridized carbons (Fsp3) is 0.208. The molecule has 3 aromatic rings. The summed E-state index contributed by atoms with van der Waals surface area (Å²) in [5.74, 6) is -0.248. The van der Waals surface area contributed by atoms with E-state index in [1.54, 1.807) is 21.9 Å². The van der Waals surface area contributed by atoms with Crippen molar-refractivity contribution >= 4 is 17.8 Å². The molecule has 0 radical (unpaired) electrons. The average Bonchev–Trinajstić information content (AvgIpc) is 3.14. The number of carbonyl (C=O) groups is 2. The topological polar surface area (TPSA) is 95.0 Å². The fourth-order valence-electron chi connectivity index (χ4n) is 4.53. The Hall–Kier alpha value is -4.07. The van der Waals surface area contributed by atoms with Gasteiger partial charge >= 0.3 is 12.1 Å². The number of pyridine rings is 1. The molecule has 8 nitrogen and oxygen atoms in total. The number of aromatic hydroxyl groups is 1. The Balaban J connectivity index is 1.51. The van der Waals surface area contributed by atoms with E-state index in [4.69, 9.17) is 4.74 Å². The summed E-state index contributed by atoms with van der Waals surface area (Å²) in [7, 11) is 0. The summed E-state index contributed by atoms with van der Waals surface area (Å²) in [4.78, 5) is 33.1. The quantitative estimate of drug-likeness (QED) is 0.664. The number of amides is 3. The van der Waals surface area contributed by atoms with Gasteiger partial charge in [-0.15, -0.1) is 0 Å². The standard InChI is InChI=1S/C24H22N4O4/c29-21-19(12-7-13-25-21)26-22(30)27-14-15-28-20(16-27)24(32-23(28)31,17-8-3-1-4-9-17)18-10-5-2-6-11-18/h1-13,20H,14-16H2,(H,25,29)(H,26,30). The minimum absolute atomic E-state index is 0.232. The third-order valence-corrected chi connectivity index (χ3v) is 6.05. The molecule has 1 unspecified atom stereocenters. The molecule has 2 saturated heterocycles. The van der Waals surface area contributed by atoms with Gasteiger partial charge in [-0.3, -0.25) is 4.90 Å². The third-order valence-electron chi connectivity index (χ3n) is 6.05. The van der Waals surface area contributed by atoms with Gasteiger partial charge in [0.25, 0.3) is 0 Å². The summed E-state index contributed by atoms with van der Waals surface area (Å²) >= 11 is 0. The van der Waals surface area contributed by atoms with E-state index in [1.165, 1.54) is 6.20 Å². The number of fused-ring (bicyclic) bond motifs is 1. The highest BCUT2D eigenvalue weighted by Gasteiger charge is 2.58. The van der Waals surface area contributed by atoms with Crippen LogP contribution in [0, 0.1) is 0 Å². The van der Waals surface area contributed by atoms with E-state index in [0.29, 0.717) is 13.1 Å². The zero-order valence-electron chi connectivity index (χ0n) is 17.2. The second-order valence-corrected chi connectivity index (χ2v) is 7.80. The summed E-state index contributed by atoms with van der Waals surface area (Å²) in [6.07, 6.45) is 1.05. The molecule has 2 aliphatic heterocycles. The Morgan fingerprint density at radius 2 is 1.66 bits per heavy atom. The minimum Gasteiger partial charge on any atom is -0.492 e. The van der Waals surface area contributed by atoms with Gasteiger partial charge in [0.1, 0.15) is 11.7 Å². The third kappa shape index (κ3) is 3.20. The molecule has 5 rings (SSSR count). The Morgan fingerprint density at radius 3 is 2.28 bits per heavy atom. The molecule has 0 spiro atoms. The zero-order chi connectivity index (χ0) is 22.1. The lowest BCUT2D eigenvalue weighted by Gasteiger charge is -2.42. The molecular formula is C24H22N4O4. The van der Waals surface area contributed by atoms with Crippen LogP contribution < -0.4 is 5.32 Å². The molecule has 0 aliphatic carbocycles. The predicted octanol–water partition coefficient (Wildman–Crippen LogP) is 3.40. The number of nitrogens with zero attached hydrogens (tertiary/aromatic N) is 3. The molecule has 3 amide bonds. The monoisotopic (exact) mass is 430 g/mol. The molecule has 1 aromatic heterocycles. The number of cyclic esters (lactones) is 1. The van der Waals surface area contributed by atoms with Crippen LogP contribution in [0.4, 0.5) is 15.3 Å². The molecule has 8 heteroatoms.